The van der Waals surface area contributed by atoms with Crippen LogP contribution in [0.5, 0.6) is 11.5 Å². The summed E-state index contributed by atoms with van der Waals surface area (Å²) in [4.78, 5) is 12.3. The molecule has 3 rings (SSSR count). The lowest BCUT2D eigenvalue weighted by atomic mass is 10.2. The first-order valence-electron chi connectivity index (χ1n) is 9.03. The number of halogens is 2. The number of fused-ring (bicyclic) bond motifs is 1. The number of benzene rings is 2. The van der Waals surface area contributed by atoms with Crippen molar-refractivity contribution in [1.82, 2.24) is 5.43 Å². The number of nitrogens with one attached hydrogen (secondary N) is 1. The Hall–Kier alpha value is -2.07. The Balaban J connectivity index is 1.75. The topological polar surface area (TPSA) is 73.1 Å². The van der Waals surface area contributed by atoms with Crippen molar-refractivity contribution in [3.63, 3.8) is 0 Å². The molecule has 0 aliphatic carbocycles. The third-order valence-corrected chi connectivity index (χ3v) is 5.06. The van der Waals surface area contributed by atoms with Gasteiger partial charge in [-0.1, -0.05) is 15.9 Å². The van der Waals surface area contributed by atoms with Gasteiger partial charge in [0.15, 0.2) is 17.3 Å². The number of nitrogens with zero attached hydrogens (tertiary/aromatic N) is 1. The van der Waals surface area contributed by atoms with Crippen molar-refractivity contribution < 1.29 is 18.7 Å². The monoisotopic (exact) mass is 570 g/mol. The molecule has 8 heteroatoms. The van der Waals surface area contributed by atoms with Gasteiger partial charge >= 0.3 is 5.91 Å². The fourth-order valence-corrected chi connectivity index (χ4v) is 3.75. The average molecular weight is 571 g/mol. The predicted molar refractivity (Wildman–Crippen MR) is 125 cm³/mol. The van der Waals surface area contributed by atoms with Gasteiger partial charge < -0.3 is 13.9 Å². The van der Waals surface area contributed by atoms with E-state index in [0.29, 0.717) is 23.7 Å². The molecular weight excluding hydrogens is 551 g/mol. The first-order valence-corrected chi connectivity index (χ1v) is 10.9. The standard InChI is InChI=1S/C21H20BrIN2O4/c1-4-27-18-8-13(7-16(23)20(18)28-12(2)3)11-24-25-21(26)19-10-14-9-15(22)5-6-17(14)29-19/h5-12H,4H2,1-3H3,(H,25,26)/b24-11+. The molecule has 0 aliphatic rings. The van der Waals surface area contributed by atoms with Gasteiger partial charge in [-0.15, -0.1) is 0 Å². The zero-order valence-corrected chi connectivity index (χ0v) is 19.9. The van der Waals surface area contributed by atoms with E-state index in [1.54, 1.807) is 18.3 Å². The minimum absolute atomic E-state index is 0.0333. The van der Waals surface area contributed by atoms with Crippen LogP contribution in [0, 0.1) is 3.57 Å². The van der Waals surface area contributed by atoms with Crippen molar-refractivity contribution in [1.29, 1.82) is 0 Å². The highest BCUT2D eigenvalue weighted by Gasteiger charge is 2.14. The number of hydrazone groups is 1. The van der Waals surface area contributed by atoms with Gasteiger partial charge in [0.05, 0.1) is 22.5 Å². The van der Waals surface area contributed by atoms with E-state index < -0.39 is 5.91 Å². The number of hydrogen-bond donors (Lipinski definition) is 1. The molecule has 0 radical (unpaired) electrons. The number of amides is 1. The molecule has 152 valence electrons. The molecule has 0 fully saturated rings. The summed E-state index contributed by atoms with van der Waals surface area (Å²) in [5.41, 5.74) is 3.91. The van der Waals surface area contributed by atoms with Crippen molar-refractivity contribution in [3.05, 3.63) is 55.8 Å². The van der Waals surface area contributed by atoms with Crippen LogP contribution in [-0.4, -0.2) is 24.8 Å². The number of carbonyl (C=O) groups is 1. The summed E-state index contributed by atoms with van der Waals surface area (Å²) < 4.78 is 18.9. The number of hydrogen-bond acceptors (Lipinski definition) is 5. The molecule has 0 atom stereocenters. The maximum Gasteiger partial charge on any atom is 0.307 e. The Morgan fingerprint density at radius 3 is 2.83 bits per heavy atom. The molecule has 0 saturated carbocycles. The van der Waals surface area contributed by atoms with Crippen molar-refractivity contribution in [2.75, 3.05) is 6.61 Å². The molecule has 2 aromatic carbocycles. The van der Waals surface area contributed by atoms with Crippen LogP contribution in [0.4, 0.5) is 0 Å². The molecule has 1 heterocycles. The summed E-state index contributed by atoms with van der Waals surface area (Å²) in [7, 11) is 0. The molecule has 29 heavy (non-hydrogen) atoms. The summed E-state index contributed by atoms with van der Waals surface area (Å²) in [6, 6.07) is 11.0. The normalized spacial score (nSPS) is 11.4. The van der Waals surface area contributed by atoms with E-state index in [1.165, 1.54) is 0 Å². The predicted octanol–water partition coefficient (Wildman–Crippen LogP) is 5.75. The van der Waals surface area contributed by atoms with Gasteiger partial charge in [0.1, 0.15) is 5.58 Å². The highest BCUT2D eigenvalue weighted by molar-refractivity contribution is 14.1. The van der Waals surface area contributed by atoms with E-state index in [2.05, 4.69) is 49.0 Å². The van der Waals surface area contributed by atoms with Gasteiger partial charge in [-0.05, 0) is 85.3 Å². The second kappa shape index (κ2) is 9.62. The lowest BCUT2D eigenvalue weighted by Crippen LogP contribution is -2.16. The van der Waals surface area contributed by atoms with Gasteiger partial charge in [0.25, 0.3) is 0 Å². The summed E-state index contributed by atoms with van der Waals surface area (Å²) >= 11 is 5.60. The molecule has 3 aromatic rings. The molecule has 0 unspecified atom stereocenters. The second-order valence-electron chi connectivity index (χ2n) is 6.42. The van der Waals surface area contributed by atoms with E-state index in [0.717, 1.165) is 19.0 Å². The van der Waals surface area contributed by atoms with Gasteiger partial charge in [-0.2, -0.15) is 5.10 Å². The minimum Gasteiger partial charge on any atom is -0.490 e. The molecular formula is C21H20BrIN2O4. The molecule has 0 aliphatic heterocycles. The van der Waals surface area contributed by atoms with Gasteiger partial charge in [-0.25, -0.2) is 5.43 Å². The van der Waals surface area contributed by atoms with Crippen LogP contribution < -0.4 is 14.9 Å². The van der Waals surface area contributed by atoms with E-state index in [4.69, 9.17) is 13.9 Å². The summed E-state index contributed by atoms with van der Waals surface area (Å²) in [6.07, 6.45) is 1.59. The third kappa shape index (κ3) is 5.51. The second-order valence-corrected chi connectivity index (χ2v) is 8.50. The smallest absolute Gasteiger partial charge is 0.307 e. The zero-order chi connectivity index (χ0) is 21.0. The first-order chi connectivity index (χ1) is 13.9. The highest BCUT2D eigenvalue weighted by Crippen LogP contribution is 2.34. The average Bonchev–Trinajstić information content (AvgIpc) is 3.07. The Bertz CT molecular complexity index is 1060. The lowest BCUT2D eigenvalue weighted by Gasteiger charge is -2.16. The van der Waals surface area contributed by atoms with Crippen LogP contribution in [-0.2, 0) is 0 Å². The number of rotatable bonds is 7. The minimum atomic E-state index is -0.423. The van der Waals surface area contributed by atoms with Crippen molar-refractivity contribution in [3.8, 4) is 11.5 Å². The Labute approximate surface area is 190 Å². The molecule has 1 aromatic heterocycles. The fourth-order valence-electron chi connectivity index (χ4n) is 2.62. The SMILES string of the molecule is CCOc1cc(/C=N/NC(=O)c2cc3cc(Br)ccc3o2)cc(I)c1OC(C)C. The number of carbonyl (C=O) groups excluding carboxylic acids is 1. The molecule has 0 spiro atoms. The van der Waals surface area contributed by atoms with E-state index >= 15 is 0 Å². The van der Waals surface area contributed by atoms with Crippen LogP contribution in [0.25, 0.3) is 11.0 Å². The van der Waals surface area contributed by atoms with Crippen molar-refractivity contribution in [2.24, 2.45) is 5.10 Å². The van der Waals surface area contributed by atoms with Crippen molar-refractivity contribution in [2.45, 2.75) is 26.9 Å². The quantitative estimate of drug-likeness (QED) is 0.223. The Morgan fingerprint density at radius 1 is 1.31 bits per heavy atom. The lowest BCUT2D eigenvalue weighted by molar-refractivity contribution is 0.0929. The van der Waals surface area contributed by atoms with E-state index in [-0.39, 0.29) is 11.9 Å². The van der Waals surface area contributed by atoms with Crippen LogP contribution in [0.2, 0.25) is 0 Å². The number of ether oxygens (including phenoxy) is 2. The molecule has 0 bridgehead atoms. The van der Waals surface area contributed by atoms with Crippen LogP contribution in [0.15, 0.2) is 50.4 Å². The van der Waals surface area contributed by atoms with Gasteiger partial charge in [0.2, 0.25) is 0 Å². The third-order valence-electron chi connectivity index (χ3n) is 3.77. The summed E-state index contributed by atoms with van der Waals surface area (Å²) in [5, 5.41) is 4.88. The molecule has 1 N–H and O–H groups in total. The molecule has 0 saturated heterocycles. The first kappa shape index (κ1) is 21.6. The maximum atomic E-state index is 12.3. The number of furan rings is 1. The van der Waals surface area contributed by atoms with E-state index in [1.807, 2.05) is 45.0 Å². The highest BCUT2D eigenvalue weighted by atomic mass is 127. The maximum absolute atomic E-state index is 12.3. The van der Waals surface area contributed by atoms with Crippen LogP contribution >= 0.6 is 38.5 Å². The zero-order valence-electron chi connectivity index (χ0n) is 16.2. The van der Waals surface area contributed by atoms with Gasteiger partial charge in [0, 0.05) is 9.86 Å². The molecule has 6 nitrogen and oxygen atoms in total. The van der Waals surface area contributed by atoms with Crippen molar-refractivity contribution >= 4 is 61.6 Å². The Kier molecular flexibility index (Phi) is 7.18. The Morgan fingerprint density at radius 2 is 2.10 bits per heavy atom. The van der Waals surface area contributed by atoms with Crippen LogP contribution in [0.1, 0.15) is 36.9 Å². The molecule has 1 amide bonds. The van der Waals surface area contributed by atoms with Crippen LogP contribution in [0.3, 0.4) is 0 Å². The summed E-state index contributed by atoms with van der Waals surface area (Å²) in [6.45, 7) is 6.36. The summed E-state index contributed by atoms with van der Waals surface area (Å²) in [5.74, 6) is 1.12. The van der Waals surface area contributed by atoms with E-state index in [9.17, 15) is 4.79 Å². The van der Waals surface area contributed by atoms with Gasteiger partial charge in [-0.3, -0.25) is 4.79 Å². The largest absolute Gasteiger partial charge is 0.490 e. The fraction of sp³-hybridized carbons (Fsp3) is 0.238.